The van der Waals surface area contributed by atoms with Crippen LogP contribution in [-0.2, 0) is 26.0 Å². The molecule has 1 fully saturated rings. The van der Waals surface area contributed by atoms with Crippen LogP contribution >= 0.6 is 0 Å². The van der Waals surface area contributed by atoms with Crippen LogP contribution in [0.25, 0.3) is 0 Å². The van der Waals surface area contributed by atoms with Crippen molar-refractivity contribution in [1.82, 2.24) is 9.21 Å². The van der Waals surface area contributed by atoms with Crippen LogP contribution in [0.4, 0.5) is 5.69 Å². The van der Waals surface area contributed by atoms with Crippen molar-refractivity contribution in [3.05, 3.63) is 60.2 Å². The summed E-state index contributed by atoms with van der Waals surface area (Å²) in [6.07, 6.45) is 4.66. The zero-order valence-corrected chi connectivity index (χ0v) is 19.3. The highest BCUT2D eigenvalue weighted by atomic mass is 32.2. The number of para-hydroxylation sites is 1. The molecule has 3 rings (SSSR count). The molecule has 0 unspecified atom stereocenters. The lowest BCUT2D eigenvalue weighted by Gasteiger charge is -2.20. The molecular formula is C24H31N3O4S. The molecule has 0 saturated carbocycles. The summed E-state index contributed by atoms with van der Waals surface area (Å²) in [6, 6.07) is 15.9. The minimum Gasteiger partial charge on any atom is -0.336 e. The van der Waals surface area contributed by atoms with E-state index in [0.717, 1.165) is 31.2 Å². The molecule has 1 saturated heterocycles. The van der Waals surface area contributed by atoms with E-state index < -0.39 is 10.0 Å². The molecule has 0 atom stereocenters. The molecule has 2 aromatic rings. The lowest BCUT2D eigenvalue weighted by Crippen LogP contribution is -2.35. The molecule has 1 heterocycles. The van der Waals surface area contributed by atoms with E-state index in [0.29, 0.717) is 30.1 Å². The number of carbonyl (C=O) groups is 2. The number of amides is 2. The molecule has 32 heavy (non-hydrogen) atoms. The number of hydrogen-bond donors (Lipinski definition) is 1. The van der Waals surface area contributed by atoms with Crippen molar-refractivity contribution in [3.63, 3.8) is 0 Å². The van der Waals surface area contributed by atoms with Crippen molar-refractivity contribution < 1.29 is 18.0 Å². The van der Waals surface area contributed by atoms with Gasteiger partial charge in [0.05, 0.1) is 11.4 Å². The van der Waals surface area contributed by atoms with Crippen LogP contribution in [0.3, 0.4) is 0 Å². The first-order valence-corrected chi connectivity index (χ1v) is 12.5. The molecule has 2 amide bonds. The number of nitrogens with zero attached hydrogens (tertiary/aromatic N) is 2. The maximum atomic E-state index is 12.9. The quantitative estimate of drug-likeness (QED) is 0.659. The summed E-state index contributed by atoms with van der Waals surface area (Å²) in [5, 5.41) is 2.76. The molecule has 0 aliphatic carbocycles. The second kappa shape index (κ2) is 11.2. The van der Waals surface area contributed by atoms with Gasteiger partial charge >= 0.3 is 0 Å². The van der Waals surface area contributed by atoms with E-state index in [2.05, 4.69) is 5.32 Å². The Hall–Kier alpha value is -2.71. The van der Waals surface area contributed by atoms with Crippen LogP contribution in [0.1, 0.15) is 37.7 Å². The first-order valence-electron chi connectivity index (χ1n) is 11.0. The molecular weight excluding hydrogens is 426 g/mol. The largest absolute Gasteiger partial charge is 0.336 e. The SMILES string of the molecule is CN(CC(=O)Nc1ccccc1)C(=O)CCc1ccc(S(=O)(=O)N2CCCCCC2)cc1. The summed E-state index contributed by atoms with van der Waals surface area (Å²) in [5.41, 5.74) is 1.57. The van der Waals surface area contributed by atoms with Crippen LogP contribution < -0.4 is 5.32 Å². The van der Waals surface area contributed by atoms with Gasteiger partial charge in [-0.15, -0.1) is 0 Å². The van der Waals surface area contributed by atoms with Crippen molar-refractivity contribution in [2.24, 2.45) is 0 Å². The molecule has 0 aromatic heterocycles. The second-order valence-electron chi connectivity index (χ2n) is 8.13. The van der Waals surface area contributed by atoms with Gasteiger partial charge in [0.2, 0.25) is 21.8 Å². The number of rotatable bonds is 8. The van der Waals surface area contributed by atoms with Gasteiger partial charge in [0.15, 0.2) is 0 Å². The van der Waals surface area contributed by atoms with Gasteiger partial charge < -0.3 is 10.2 Å². The van der Waals surface area contributed by atoms with Gasteiger partial charge in [-0.2, -0.15) is 4.31 Å². The first-order chi connectivity index (χ1) is 15.4. The maximum absolute atomic E-state index is 12.9. The van der Waals surface area contributed by atoms with E-state index in [1.54, 1.807) is 47.8 Å². The van der Waals surface area contributed by atoms with Gasteiger partial charge in [-0.1, -0.05) is 43.2 Å². The van der Waals surface area contributed by atoms with E-state index in [4.69, 9.17) is 0 Å². The average Bonchev–Trinajstić information content (AvgIpc) is 3.08. The Morgan fingerprint density at radius 1 is 0.938 bits per heavy atom. The Labute approximate surface area is 190 Å². The first kappa shape index (κ1) is 23.9. The Kier molecular flexibility index (Phi) is 8.41. The standard InChI is InChI=1S/C24H31N3O4S/c1-26(19-23(28)25-21-9-5-4-6-10-21)24(29)16-13-20-11-14-22(15-12-20)32(30,31)27-17-7-2-3-8-18-27/h4-6,9-12,14-15H,2-3,7-8,13,16-19H2,1H3,(H,25,28). The Bertz CT molecular complexity index is 999. The number of benzene rings is 2. The van der Waals surface area contributed by atoms with Crippen LogP contribution in [0.15, 0.2) is 59.5 Å². The second-order valence-corrected chi connectivity index (χ2v) is 10.1. The molecule has 0 spiro atoms. The van der Waals surface area contributed by atoms with Crippen molar-refractivity contribution in [2.45, 2.75) is 43.4 Å². The highest BCUT2D eigenvalue weighted by Crippen LogP contribution is 2.21. The molecule has 0 radical (unpaired) electrons. The minimum atomic E-state index is -3.47. The fourth-order valence-electron chi connectivity index (χ4n) is 3.73. The van der Waals surface area contributed by atoms with Crippen LogP contribution in [-0.4, -0.2) is 56.1 Å². The molecule has 1 N–H and O–H groups in total. The normalized spacial score (nSPS) is 15.0. The number of anilines is 1. The van der Waals surface area contributed by atoms with Gasteiger partial charge in [-0.05, 0) is 49.1 Å². The fraction of sp³-hybridized carbons (Fsp3) is 0.417. The number of nitrogens with one attached hydrogen (secondary N) is 1. The Morgan fingerprint density at radius 2 is 1.56 bits per heavy atom. The molecule has 1 aliphatic rings. The fourth-order valence-corrected chi connectivity index (χ4v) is 5.24. The summed E-state index contributed by atoms with van der Waals surface area (Å²) in [4.78, 5) is 26.2. The Balaban J connectivity index is 1.49. The third kappa shape index (κ3) is 6.64. The Morgan fingerprint density at radius 3 is 2.19 bits per heavy atom. The monoisotopic (exact) mass is 457 g/mol. The van der Waals surface area contributed by atoms with Gasteiger partial charge in [0.25, 0.3) is 0 Å². The van der Waals surface area contributed by atoms with E-state index in [1.807, 2.05) is 18.2 Å². The summed E-state index contributed by atoms with van der Waals surface area (Å²) >= 11 is 0. The lowest BCUT2D eigenvalue weighted by atomic mass is 10.1. The molecule has 7 nitrogen and oxygen atoms in total. The highest BCUT2D eigenvalue weighted by molar-refractivity contribution is 7.89. The molecule has 2 aromatic carbocycles. The smallest absolute Gasteiger partial charge is 0.243 e. The average molecular weight is 458 g/mol. The van der Waals surface area contributed by atoms with Crippen LogP contribution in [0.2, 0.25) is 0 Å². The lowest BCUT2D eigenvalue weighted by molar-refractivity contribution is -0.133. The van der Waals surface area contributed by atoms with Crippen molar-refractivity contribution in [3.8, 4) is 0 Å². The van der Waals surface area contributed by atoms with Crippen LogP contribution in [0, 0.1) is 0 Å². The van der Waals surface area contributed by atoms with Gasteiger partial charge in [0.1, 0.15) is 0 Å². The number of likely N-dealkylation sites (N-methyl/N-ethyl adjacent to an activating group) is 1. The summed E-state index contributed by atoms with van der Waals surface area (Å²) in [7, 11) is -1.87. The van der Waals surface area contributed by atoms with E-state index >= 15 is 0 Å². The number of sulfonamides is 1. The number of hydrogen-bond acceptors (Lipinski definition) is 4. The predicted molar refractivity (Wildman–Crippen MR) is 125 cm³/mol. The van der Waals surface area contributed by atoms with Crippen molar-refractivity contribution >= 4 is 27.5 Å². The summed E-state index contributed by atoms with van der Waals surface area (Å²) < 4.78 is 27.3. The van der Waals surface area contributed by atoms with E-state index in [9.17, 15) is 18.0 Å². The third-order valence-electron chi connectivity index (χ3n) is 5.62. The number of aryl methyl sites for hydroxylation is 1. The summed E-state index contributed by atoms with van der Waals surface area (Å²) in [6.45, 7) is 1.12. The topological polar surface area (TPSA) is 86.8 Å². The molecule has 0 bridgehead atoms. The van der Waals surface area contributed by atoms with Gasteiger partial charge in [0, 0.05) is 32.2 Å². The molecule has 172 valence electrons. The third-order valence-corrected chi connectivity index (χ3v) is 7.53. The van der Waals surface area contributed by atoms with Crippen LogP contribution in [0.5, 0.6) is 0 Å². The van der Waals surface area contributed by atoms with Gasteiger partial charge in [-0.3, -0.25) is 9.59 Å². The summed E-state index contributed by atoms with van der Waals surface area (Å²) in [5.74, 6) is -0.399. The van der Waals surface area contributed by atoms with E-state index in [-0.39, 0.29) is 24.8 Å². The molecule has 1 aliphatic heterocycles. The minimum absolute atomic E-state index is 0.0270. The molecule has 8 heteroatoms. The van der Waals surface area contributed by atoms with Crippen molar-refractivity contribution in [2.75, 3.05) is 32.0 Å². The predicted octanol–water partition coefficient (Wildman–Crippen LogP) is 3.28. The van der Waals surface area contributed by atoms with Crippen molar-refractivity contribution in [1.29, 1.82) is 0 Å². The van der Waals surface area contributed by atoms with E-state index in [1.165, 1.54) is 4.90 Å². The highest BCUT2D eigenvalue weighted by Gasteiger charge is 2.25. The zero-order valence-electron chi connectivity index (χ0n) is 18.5. The van der Waals surface area contributed by atoms with Gasteiger partial charge in [-0.25, -0.2) is 8.42 Å². The maximum Gasteiger partial charge on any atom is 0.243 e. The number of carbonyl (C=O) groups excluding carboxylic acids is 2. The zero-order chi connectivity index (χ0) is 23.0.